The number of carbonyl (C=O) groups excluding carboxylic acids is 1. The predicted molar refractivity (Wildman–Crippen MR) is 115 cm³/mol. The zero-order valence-electron chi connectivity index (χ0n) is 16.2. The van der Waals surface area contributed by atoms with E-state index in [0.29, 0.717) is 13.1 Å². The fourth-order valence-electron chi connectivity index (χ4n) is 3.14. The van der Waals surface area contributed by atoms with Crippen LogP contribution in [0, 0.1) is 11.8 Å². The number of hydrogen-bond acceptors (Lipinski definition) is 5. The summed E-state index contributed by atoms with van der Waals surface area (Å²) in [5.41, 5.74) is 1.07. The molecule has 7 nitrogen and oxygen atoms in total. The van der Waals surface area contributed by atoms with Gasteiger partial charge in [0.2, 0.25) is 0 Å². The summed E-state index contributed by atoms with van der Waals surface area (Å²) < 4.78 is 4.92. The summed E-state index contributed by atoms with van der Waals surface area (Å²) in [6.45, 7) is 6.86. The highest BCUT2D eigenvalue weighted by atomic mass is 127. The molecule has 8 heteroatoms. The van der Waals surface area contributed by atoms with Gasteiger partial charge in [0.25, 0.3) is 0 Å². The third-order valence-electron chi connectivity index (χ3n) is 4.44. The lowest BCUT2D eigenvalue weighted by Crippen LogP contribution is -2.40. The summed E-state index contributed by atoms with van der Waals surface area (Å²) in [6, 6.07) is 3.97. The molecule has 1 aliphatic rings. The molecular weight excluding hydrogens is 445 g/mol. The Morgan fingerprint density at radius 2 is 2.19 bits per heavy atom. The molecule has 1 aliphatic heterocycles. The molecule has 2 atom stereocenters. The van der Waals surface area contributed by atoms with Crippen molar-refractivity contribution < 1.29 is 9.53 Å². The Hall–Kier alpha value is -1.58. The minimum Gasteiger partial charge on any atom is -0.469 e. The Morgan fingerprint density at radius 1 is 1.46 bits per heavy atom. The first-order chi connectivity index (χ1) is 12.0. The quantitative estimate of drug-likeness (QED) is 0.304. The molecule has 1 fully saturated rings. The average Bonchev–Trinajstić information content (AvgIpc) is 2.99. The van der Waals surface area contributed by atoms with Gasteiger partial charge in [0.15, 0.2) is 5.96 Å². The Labute approximate surface area is 173 Å². The van der Waals surface area contributed by atoms with Crippen molar-refractivity contribution in [2.75, 3.05) is 45.7 Å². The summed E-state index contributed by atoms with van der Waals surface area (Å²) in [6.07, 6.45) is 1.79. The lowest BCUT2D eigenvalue weighted by molar-refractivity contribution is -0.145. The number of hydrogen-bond donors (Lipinski definition) is 1. The standard InChI is InChI=1S/C18H29N5O2.HI/c1-6-19-18(23-11-13(2)15(12-23)17(24)25-5)21-10-14-8-7-9-20-16(14)22(3)4;/h7-9,13,15H,6,10-12H2,1-5H3,(H,19,21);1H. The predicted octanol–water partition coefficient (Wildman–Crippen LogP) is 1.97. The topological polar surface area (TPSA) is 70.1 Å². The van der Waals surface area contributed by atoms with Crippen LogP contribution in [0.4, 0.5) is 5.82 Å². The number of rotatable bonds is 5. The number of nitrogens with one attached hydrogen (secondary N) is 1. The molecule has 26 heavy (non-hydrogen) atoms. The fourth-order valence-corrected chi connectivity index (χ4v) is 3.14. The molecule has 1 aromatic heterocycles. The molecule has 0 saturated carbocycles. The van der Waals surface area contributed by atoms with Crippen LogP contribution in [0.5, 0.6) is 0 Å². The van der Waals surface area contributed by atoms with Gasteiger partial charge in [-0.3, -0.25) is 4.79 Å². The van der Waals surface area contributed by atoms with Crippen LogP contribution in [0.15, 0.2) is 23.3 Å². The largest absolute Gasteiger partial charge is 0.469 e. The lowest BCUT2D eigenvalue weighted by atomic mass is 9.99. The van der Waals surface area contributed by atoms with Crippen molar-refractivity contribution in [1.82, 2.24) is 15.2 Å². The van der Waals surface area contributed by atoms with E-state index in [1.165, 1.54) is 7.11 Å². The highest BCUT2D eigenvalue weighted by molar-refractivity contribution is 14.0. The Kier molecular flexibility index (Phi) is 9.11. The van der Waals surface area contributed by atoms with Crippen molar-refractivity contribution in [2.24, 2.45) is 16.8 Å². The van der Waals surface area contributed by atoms with E-state index in [1.807, 2.05) is 38.1 Å². The molecular formula is C18H30IN5O2. The number of carbonyl (C=O) groups is 1. The van der Waals surface area contributed by atoms with E-state index < -0.39 is 0 Å². The maximum Gasteiger partial charge on any atom is 0.310 e. The maximum atomic E-state index is 11.9. The third-order valence-corrected chi connectivity index (χ3v) is 4.44. The SMILES string of the molecule is CCNC(=NCc1cccnc1N(C)C)N1CC(C)C(C(=O)OC)C1.I. The molecule has 0 radical (unpaired) electrons. The van der Waals surface area contributed by atoms with E-state index in [4.69, 9.17) is 9.73 Å². The Morgan fingerprint density at radius 3 is 2.81 bits per heavy atom. The number of methoxy groups -OCH3 is 1. The van der Waals surface area contributed by atoms with E-state index >= 15 is 0 Å². The summed E-state index contributed by atoms with van der Waals surface area (Å²) in [5, 5.41) is 3.33. The number of aliphatic imine (C=N–C) groups is 1. The van der Waals surface area contributed by atoms with Crippen LogP contribution in [0.1, 0.15) is 19.4 Å². The Bertz CT molecular complexity index is 623. The van der Waals surface area contributed by atoms with Gasteiger partial charge in [-0.05, 0) is 18.9 Å². The lowest BCUT2D eigenvalue weighted by Gasteiger charge is -2.22. The number of halogens is 1. The van der Waals surface area contributed by atoms with E-state index in [9.17, 15) is 4.79 Å². The van der Waals surface area contributed by atoms with Gasteiger partial charge in [-0.25, -0.2) is 9.98 Å². The highest BCUT2D eigenvalue weighted by Gasteiger charge is 2.36. The van der Waals surface area contributed by atoms with Crippen molar-refractivity contribution in [3.8, 4) is 0 Å². The average molecular weight is 475 g/mol. The number of aromatic nitrogens is 1. The maximum absolute atomic E-state index is 11.9. The van der Waals surface area contributed by atoms with Gasteiger partial charge in [-0.15, -0.1) is 24.0 Å². The van der Waals surface area contributed by atoms with Crippen LogP contribution >= 0.6 is 24.0 Å². The minimum atomic E-state index is -0.145. The van der Waals surface area contributed by atoms with Crippen molar-refractivity contribution in [1.29, 1.82) is 0 Å². The van der Waals surface area contributed by atoms with Gasteiger partial charge >= 0.3 is 5.97 Å². The second-order valence-corrected chi connectivity index (χ2v) is 6.56. The number of anilines is 1. The third kappa shape index (κ3) is 5.46. The molecule has 1 saturated heterocycles. The molecule has 1 N–H and O–H groups in total. The van der Waals surface area contributed by atoms with Gasteiger partial charge in [-0.2, -0.15) is 0 Å². The van der Waals surface area contributed by atoms with Crippen LogP contribution < -0.4 is 10.2 Å². The second kappa shape index (κ2) is 10.5. The molecule has 0 spiro atoms. The molecule has 2 heterocycles. The molecule has 0 aromatic carbocycles. The molecule has 0 aliphatic carbocycles. The number of pyridine rings is 1. The van der Waals surface area contributed by atoms with Gasteiger partial charge in [0, 0.05) is 45.5 Å². The minimum absolute atomic E-state index is 0. The first kappa shape index (κ1) is 22.5. The number of guanidine groups is 1. The van der Waals surface area contributed by atoms with E-state index in [-0.39, 0.29) is 41.8 Å². The highest BCUT2D eigenvalue weighted by Crippen LogP contribution is 2.24. The van der Waals surface area contributed by atoms with Crippen molar-refractivity contribution >= 4 is 41.7 Å². The first-order valence-corrected chi connectivity index (χ1v) is 8.70. The van der Waals surface area contributed by atoms with Crippen LogP contribution in [-0.2, 0) is 16.1 Å². The zero-order valence-corrected chi connectivity index (χ0v) is 18.6. The van der Waals surface area contributed by atoms with Crippen LogP contribution in [0.3, 0.4) is 0 Å². The molecule has 146 valence electrons. The number of nitrogens with zero attached hydrogens (tertiary/aromatic N) is 4. The zero-order chi connectivity index (χ0) is 18.4. The summed E-state index contributed by atoms with van der Waals surface area (Å²) in [5.74, 6) is 1.74. The van der Waals surface area contributed by atoms with Crippen LogP contribution in [-0.4, -0.2) is 62.7 Å². The Balaban J connectivity index is 0.00000338. The number of esters is 1. The molecule has 1 aromatic rings. The smallest absolute Gasteiger partial charge is 0.310 e. The first-order valence-electron chi connectivity index (χ1n) is 8.70. The van der Waals surface area contributed by atoms with E-state index in [0.717, 1.165) is 30.4 Å². The molecule has 0 amide bonds. The number of ether oxygens (including phenoxy) is 1. The van der Waals surface area contributed by atoms with Crippen LogP contribution in [0.25, 0.3) is 0 Å². The number of likely N-dealkylation sites (tertiary alicyclic amines) is 1. The fraction of sp³-hybridized carbons (Fsp3) is 0.611. The van der Waals surface area contributed by atoms with Crippen molar-refractivity contribution in [3.63, 3.8) is 0 Å². The molecule has 2 rings (SSSR count). The summed E-state index contributed by atoms with van der Waals surface area (Å²) in [4.78, 5) is 25.3. The van der Waals surface area contributed by atoms with Crippen molar-refractivity contribution in [2.45, 2.75) is 20.4 Å². The van der Waals surface area contributed by atoms with Gasteiger partial charge in [0.05, 0.1) is 19.6 Å². The van der Waals surface area contributed by atoms with Gasteiger partial charge in [0.1, 0.15) is 5.82 Å². The van der Waals surface area contributed by atoms with E-state index in [1.54, 1.807) is 6.20 Å². The normalized spacial score (nSPS) is 19.7. The molecule has 0 bridgehead atoms. The summed E-state index contributed by atoms with van der Waals surface area (Å²) >= 11 is 0. The van der Waals surface area contributed by atoms with Gasteiger partial charge < -0.3 is 19.9 Å². The van der Waals surface area contributed by atoms with E-state index in [2.05, 4.69) is 22.1 Å². The van der Waals surface area contributed by atoms with Crippen molar-refractivity contribution in [3.05, 3.63) is 23.9 Å². The second-order valence-electron chi connectivity index (χ2n) is 6.56. The molecule has 2 unspecified atom stereocenters. The monoisotopic (exact) mass is 475 g/mol. The van der Waals surface area contributed by atoms with Crippen LogP contribution in [0.2, 0.25) is 0 Å². The van der Waals surface area contributed by atoms with Gasteiger partial charge in [-0.1, -0.05) is 13.0 Å². The summed E-state index contributed by atoms with van der Waals surface area (Å²) in [7, 11) is 5.40.